The molecule has 7 heteroatoms. The summed E-state index contributed by atoms with van der Waals surface area (Å²) in [5.41, 5.74) is 3.03. The normalized spacial score (nSPS) is 11.1. The second-order valence-corrected chi connectivity index (χ2v) is 7.87. The summed E-state index contributed by atoms with van der Waals surface area (Å²) < 4.78 is 37.4. The van der Waals surface area contributed by atoms with E-state index in [2.05, 4.69) is 0 Å². The van der Waals surface area contributed by atoms with Crippen LogP contribution < -0.4 is 9.04 Å². The number of methoxy groups -OCH3 is 2. The predicted octanol–water partition coefficient (Wildman–Crippen LogP) is 2.99. The summed E-state index contributed by atoms with van der Waals surface area (Å²) in [6.07, 6.45) is 0. The van der Waals surface area contributed by atoms with E-state index in [1.807, 2.05) is 32.9 Å². The van der Waals surface area contributed by atoms with Crippen LogP contribution in [-0.2, 0) is 19.6 Å². The second-order valence-electron chi connectivity index (χ2n) is 6.01. The molecule has 0 aliphatic rings. The molecule has 0 aromatic heterocycles. The summed E-state index contributed by atoms with van der Waals surface area (Å²) in [5, 5.41) is 0. The van der Waals surface area contributed by atoms with Crippen molar-refractivity contribution in [1.29, 1.82) is 0 Å². The van der Waals surface area contributed by atoms with Crippen molar-refractivity contribution in [3.05, 3.63) is 53.1 Å². The van der Waals surface area contributed by atoms with E-state index in [0.29, 0.717) is 11.4 Å². The Bertz CT molecular complexity index is 881. The van der Waals surface area contributed by atoms with Gasteiger partial charge in [0.25, 0.3) is 10.0 Å². The van der Waals surface area contributed by atoms with Crippen molar-refractivity contribution in [1.82, 2.24) is 0 Å². The number of hydrogen-bond donors (Lipinski definition) is 0. The van der Waals surface area contributed by atoms with Crippen LogP contribution in [0, 0.1) is 20.8 Å². The summed E-state index contributed by atoms with van der Waals surface area (Å²) in [5.74, 6) is -0.0902. The van der Waals surface area contributed by atoms with E-state index in [9.17, 15) is 13.2 Å². The maximum absolute atomic E-state index is 13.3. The minimum Gasteiger partial charge on any atom is -0.497 e. The summed E-state index contributed by atoms with van der Waals surface area (Å²) in [6, 6.07) is 9.82. The fraction of sp³-hybridized carbons (Fsp3) is 0.316. The van der Waals surface area contributed by atoms with Crippen molar-refractivity contribution >= 4 is 21.7 Å². The zero-order valence-corrected chi connectivity index (χ0v) is 16.4. The number of nitrogens with zero attached hydrogens (tertiary/aromatic N) is 1. The van der Waals surface area contributed by atoms with Gasteiger partial charge in [-0.25, -0.2) is 8.42 Å². The molecule has 0 atom stereocenters. The molecule has 2 aromatic carbocycles. The quantitative estimate of drug-likeness (QED) is 0.724. The van der Waals surface area contributed by atoms with Crippen molar-refractivity contribution in [2.45, 2.75) is 25.7 Å². The molecule has 140 valence electrons. The van der Waals surface area contributed by atoms with Crippen molar-refractivity contribution in [2.24, 2.45) is 0 Å². The maximum Gasteiger partial charge on any atom is 0.326 e. The van der Waals surface area contributed by atoms with Gasteiger partial charge < -0.3 is 9.47 Å². The number of anilines is 1. The van der Waals surface area contributed by atoms with E-state index in [-0.39, 0.29) is 4.90 Å². The SMILES string of the molecule is COC(=O)CN(c1c(C)cc(C)cc1C)S(=O)(=O)c1ccc(OC)cc1. The third-order valence-electron chi connectivity index (χ3n) is 4.03. The van der Waals surface area contributed by atoms with Crippen molar-refractivity contribution in [3.63, 3.8) is 0 Å². The number of aryl methyl sites for hydroxylation is 3. The number of esters is 1. The van der Waals surface area contributed by atoms with E-state index in [1.165, 1.54) is 26.4 Å². The second kappa shape index (κ2) is 7.78. The van der Waals surface area contributed by atoms with Gasteiger partial charge in [-0.1, -0.05) is 17.7 Å². The Hall–Kier alpha value is -2.54. The lowest BCUT2D eigenvalue weighted by molar-refractivity contribution is -0.138. The predicted molar refractivity (Wildman–Crippen MR) is 100 cm³/mol. The van der Waals surface area contributed by atoms with Gasteiger partial charge >= 0.3 is 5.97 Å². The lowest BCUT2D eigenvalue weighted by Gasteiger charge is -2.27. The molecule has 0 unspecified atom stereocenters. The molecule has 2 aromatic rings. The Kier molecular flexibility index (Phi) is 5.92. The molecule has 0 bridgehead atoms. The van der Waals surface area contributed by atoms with E-state index in [4.69, 9.17) is 9.47 Å². The van der Waals surface area contributed by atoms with Gasteiger partial charge in [0.15, 0.2) is 0 Å². The number of rotatable bonds is 6. The van der Waals surface area contributed by atoms with Crippen molar-refractivity contribution in [2.75, 3.05) is 25.1 Å². The minimum atomic E-state index is -3.97. The monoisotopic (exact) mass is 377 g/mol. The van der Waals surface area contributed by atoms with Crippen LogP contribution in [0.5, 0.6) is 5.75 Å². The summed E-state index contributed by atoms with van der Waals surface area (Å²) in [4.78, 5) is 12.0. The number of carbonyl (C=O) groups is 1. The third-order valence-corrected chi connectivity index (χ3v) is 5.79. The molecule has 0 spiro atoms. The van der Waals surface area contributed by atoms with Crippen LogP contribution in [-0.4, -0.2) is 35.2 Å². The van der Waals surface area contributed by atoms with Crippen LogP contribution in [0.25, 0.3) is 0 Å². The first kappa shape index (κ1) is 19.8. The topological polar surface area (TPSA) is 72.9 Å². The third kappa shape index (κ3) is 3.99. The molecule has 6 nitrogen and oxygen atoms in total. The number of ether oxygens (including phenoxy) is 2. The lowest BCUT2D eigenvalue weighted by atomic mass is 10.1. The van der Waals surface area contributed by atoms with Gasteiger partial charge in [-0.05, 0) is 56.2 Å². The molecule has 0 amide bonds. The molecule has 26 heavy (non-hydrogen) atoms. The molecular weight excluding hydrogens is 354 g/mol. The molecule has 0 heterocycles. The smallest absolute Gasteiger partial charge is 0.326 e. The first-order valence-electron chi connectivity index (χ1n) is 8.02. The van der Waals surface area contributed by atoms with Crippen LogP contribution in [0.3, 0.4) is 0 Å². The molecular formula is C19H23NO5S. The average Bonchev–Trinajstić information content (AvgIpc) is 2.59. The Morgan fingerprint density at radius 2 is 1.54 bits per heavy atom. The number of benzene rings is 2. The largest absolute Gasteiger partial charge is 0.497 e. The molecule has 0 fully saturated rings. The number of carbonyl (C=O) groups excluding carboxylic acids is 1. The van der Waals surface area contributed by atoms with Crippen LogP contribution in [0.1, 0.15) is 16.7 Å². The fourth-order valence-corrected chi connectivity index (χ4v) is 4.44. The number of sulfonamides is 1. The highest BCUT2D eigenvalue weighted by Crippen LogP contribution is 2.31. The summed E-state index contributed by atoms with van der Waals surface area (Å²) in [6.45, 7) is 5.17. The molecule has 0 aliphatic carbocycles. The minimum absolute atomic E-state index is 0.0709. The van der Waals surface area contributed by atoms with Gasteiger partial charge in [-0.2, -0.15) is 0 Å². The first-order valence-corrected chi connectivity index (χ1v) is 9.46. The van der Waals surface area contributed by atoms with Crippen LogP contribution in [0.4, 0.5) is 5.69 Å². The molecule has 0 N–H and O–H groups in total. The standard InChI is InChI=1S/C19H23NO5S/c1-13-10-14(2)19(15(3)11-13)20(12-18(21)25-5)26(22,23)17-8-6-16(24-4)7-9-17/h6-11H,12H2,1-5H3. The van der Waals surface area contributed by atoms with E-state index in [1.54, 1.807) is 12.1 Å². The van der Waals surface area contributed by atoms with Gasteiger partial charge in [0, 0.05) is 0 Å². The van der Waals surface area contributed by atoms with Crippen molar-refractivity contribution < 1.29 is 22.7 Å². The van der Waals surface area contributed by atoms with E-state index < -0.39 is 22.5 Å². The zero-order chi connectivity index (χ0) is 19.5. The van der Waals surface area contributed by atoms with Gasteiger partial charge in [0.2, 0.25) is 0 Å². The molecule has 0 saturated carbocycles. The van der Waals surface area contributed by atoms with Gasteiger partial charge in [0.1, 0.15) is 12.3 Å². The lowest BCUT2D eigenvalue weighted by Crippen LogP contribution is -2.37. The van der Waals surface area contributed by atoms with E-state index in [0.717, 1.165) is 21.0 Å². The van der Waals surface area contributed by atoms with Crippen molar-refractivity contribution in [3.8, 4) is 5.75 Å². The molecule has 0 radical (unpaired) electrons. The van der Waals surface area contributed by atoms with Crippen LogP contribution in [0.2, 0.25) is 0 Å². The summed E-state index contributed by atoms with van der Waals surface area (Å²) >= 11 is 0. The highest BCUT2D eigenvalue weighted by Gasteiger charge is 2.29. The van der Waals surface area contributed by atoms with Gasteiger partial charge in [-0.15, -0.1) is 0 Å². The number of hydrogen-bond acceptors (Lipinski definition) is 5. The Labute approximate surface area is 154 Å². The fourth-order valence-electron chi connectivity index (χ4n) is 2.91. The van der Waals surface area contributed by atoms with Crippen LogP contribution >= 0.6 is 0 Å². The van der Waals surface area contributed by atoms with Gasteiger partial charge in [-0.3, -0.25) is 9.10 Å². The molecule has 0 aliphatic heterocycles. The van der Waals surface area contributed by atoms with Crippen LogP contribution in [0.15, 0.2) is 41.3 Å². The highest BCUT2D eigenvalue weighted by molar-refractivity contribution is 7.92. The Morgan fingerprint density at radius 1 is 1.00 bits per heavy atom. The van der Waals surface area contributed by atoms with Gasteiger partial charge in [0.05, 0.1) is 24.8 Å². The Morgan fingerprint density at radius 3 is 2.00 bits per heavy atom. The summed E-state index contributed by atoms with van der Waals surface area (Å²) in [7, 11) is -1.23. The first-order chi connectivity index (χ1) is 12.2. The molecule has 0 saturated heterocycles. The average molecular weight is 377 g/mol. The Balaban J connectivity index is 2.62. The van der Waals surface area contributed by atoms with E-state index >= 15 is 0 Å². The zero-order valence-electron chi connectivity index (χ0n) is 15.6. The maximum atomic E-state index is 13.3. The molecule has 2 rings (SSSR count). The highest BCUT2D eigenvalue weighted by atomic mass is 32.2.